The lowest BCUT2D eigenvalue weighted by atomic mass is 10.1. The van der Waals surface area contributed by atoms with Crippen molar-refractivity contribution in [3.63, 3.8) is 0 Å². The van der Waals surface area contributed by atoms with Gasteiger partial charge in [0.2, 0.25) is 0 Å². The molecule has 0 atom stereocenters. The quantitative estimate of drug-likeness (QED) is 0.763. The molecule has 0 amide bonds. The number of aryl methyl sites for hydroxylation is 3. The number of carbonyl (C=O) groups is 1. The van der Waals surface area contributed by atoms with Crippen LogP contribution in [0.25, 0.3) is 5.69 Å². The van der Waals surface area contributed by atoms with E-state index in [1.165, 1.54) is 7.11 Å². The predicted molar refractivity (Wildman–Crippen MR) is 69.1 cm³/mol. The van der Waals surface area contributed by atoms with Crippen LogP contribution in [0.3, 0.4) is 0 Å². The van der Waals surface area contributed by atoms with Gasteiger partial charge in [-0.3, -0.25) is 0 Å². The fraction of sp³-hybridized carbons (Fsp3) is 0.286. The molecule has 0 bridgehead atoms. The first kappa shape index (κ1) is 12.4. The smallest absolute Gasteiger partial charge is 0.357 e. The summed E-state index contributed by atoms with van der Waals surface area (Å²) < 4.78 is 6.48. The van der Waals surface area contributed by atoms with E-state index in [2.05, 4.69) is 5.10 Å². The van der Waals surface area contributed by atoms with Crippen molar-refractivity contribution < 1.29 is 9.53 Å². The number of benzene rings is 1. The highest BCUT2D eigenvalue weighted by Gasteiger charge is 2.19. The molecule has 0 spiro atoms. The van der Waals surface area contributed by atoms with Crippen molar-refractivity contribution in [1.29, 1.82) is 0 Å². The largest absolute Gasteiger partial charge is 0.464 e. The first-order valence-electron chi connectivity index (χ1n) is 5.75. The number of nitrogens with zero attached hydrogens (tertiary/aromatic N) is 2. The van der Waals surface area contributed by atoms with E-state index in [1.54, 1.807) is 10.9 Å². The molecule has 0 fully saturated rings. The van der Waals surface area contributed by atoms with Gasteiger partial charge in [0.15, 0.2) is 5.69 Å². The Morgan fingerprint density at radius 3 is 2.33 bits per heavy atom. The zero-order chi connectivity index (χ0) is 13.3. The Morgan fingerprint density at radius 1 is 1.17 bits per heavy atom. The summed E-state index contributed by atoms with van der Waals surface area (Å²) >= 11 is 0. The summed E-state index contributed by atoms with van der Waals surface area (Å²) in [5, 5.41) is 4.29. The van der Waals surface area contributed by atoms with E-state index in [1.807, 2.05) is 39.0 Å². The van der Waals surface area contributed by atoms with E-state index in [0.29, 0.717) is 5.69 Å². The van der Waals surface area contributed by atoms with Crippen molar-refractivity contribution in [1.82, 2.24) is 9.78 Å². The first-order valence-corrected chi connectivity index (χ1v) is 5.75. The normalized spacial score (nSPS) is 10.4. The average molecular weight is 244 g/mol. The van der Waals surface area contributed by atoms with Crippen molar-refractivity contribution in [2.24, 2.45) is 0 Å². The lowest BCUT2D eigenvalue weighted by Crippen LogP contribution is -2.13. The molecule has 0 aliphatic heterocycles. The number of ether oxygens (including phenoxy) is 1. The molecule has 94 valence electrons. The van der Waals surface area contributed by atoms with Gasteiger partial charge in [-0.1, -0.05) is 18.2 Å². The van der Waals surface area contributed by atoms with E-state index < -0.39 is 0 Å². The highest BCUT2D eigenvalue weighted by molar-refractivity contribution is 5.89. The van der Waals surface area contributed by atoms with Crippen LogP contribution < -0.4 is 0 Å². The fourth-order valence-corrected chi connectivity index (χ4v) is 2.08. The molecule has 0 N–H and O–H groups in total. The Labute approximate surface area is 106 Å². The molecule has 0 saturated carbocycles. The average Bonchev–Trinajstić information content (AvgIpc) is 2.70. The Morgan fingerprint density at radius 2 is 1.78 bits per heavy atom. The SMILES string of the molecule is COC(=O)c1c(C)cnn1-c1c(C)cccc1C. The monoisotopic (exact) mass is 244 g/mol. The summed E-state index contributed by atoms with van der Waals surface area (Å²) in [6.45, 7) is 5.85. The lowest BCUT2D eigenvalue weighted by molar-refractivity contribution is 0.0589. The Bertz CT molecular complexity index is 580. The van der Waals surface area contributed by atoms with E-state index >= 15 is 0 Å². The third-order valence-electron chi connectivity index (χ3n) is 2.98. The zero-order valence-electron chi connectivity index (χ0n) is 11.0. The van der Waals surface area contributed by atoms with Crippen LogP contribution in [0.5, 0.6) is 0 Å². The summed E-state index contributed by atoms with van der Waals surface area (Å²) in [5.41, 5.74) is 4.37. The molecule has 0 radical (unpaired) electrons. The third-order valence-corrected chi connectivity index (χ3v) is 2.98. The number of carbonyl (C=O) groups excluding carboxylic acids is 1. The van der Waals surface area contributed by atoms with Crippen molar-refractivity contribution >= 4 is 5.97 Å². The molecule has 2 aromatic rings. The predicted octanol–water partition coefficient (Wildman–Crippen LogP) is 2.58. The number of hydrogen-bond donors (Lipinski definition) is 0. The van der Waals surface area contributed by atoms with E-state index in [4.69, 9.17) is 4.74 Å². The summed E-state index contributed by atoms with van der Waals surface area (Å²) in [6.07, 6.45) is 1.68. The minimum atomic E-state index is -0.368. The van der Waals surface area contributed by atoms with Crippen LogP contribution in [-0.4, -0.2) is 22.9 Å². The van der Waals surface area contributed by atoms with Gasteiger partial charge < -0.3 is 4.74 Å². The van der Waals surface area contributed by atoms with E-state index in [-0.39, 0.29) is 5.97 Å². The fourth-order valence-electron chi connectivity index (χ4n) is 2.08. The lowest BCUT2D eigenvalue weighted by Gasteiger charge is -2.12. The maximum atomic E-state index is 11.8. The zero-order valence-corrected chi connectivity index (χ0v) is 11.0. The molecule has 18 heavy (non-hydrogen) atoms. The third kappa shape index (κ3) is 1.90. The molecule has 2 rings (SSSR count). The second-order valence-electron chi connectivity index (χ2n) is 4.32. The minimum Gasteiger partial charge on any atom is -0.464 e. The van der Waals surface area contributed by atoms with Gasteiger partial charge in [0, 0.05) is 5.56 Å². The molecule has 4 nitrogen and oxygen atoms in total. The number of aromatic nitrogens is 2. The van der Waals surface area contributed by atoms with Crippen LogP contribution in [0, 0.1) is 20.8 Å². The van der Waals surface area contributed by atoms with Gasteiger partial charge in [-0.2, -0.15) is 5.10 Å². The van der Waals surface area contributed by atoms with Crippen LogP contribution in [0.2, 0.25) is 0 Å². The van der Waals surface area contributed by atoms with Gasteiger partial charge in [0.1, 0.15) is 0 Å². The van der Waals surface area contributed by atoms with Crippen LogP contribution in [0.15, 0.2) is 24.4 Å². The van der Waals surface area contributed by atoms with Crippen molar-refractivity contribution in [3.05, 3.63) is 46.8 Å². The molecule has 1 aromatic carbocycles. The summed E-state index contributed by atoms with van der Waals surface area (Å²) in [5.74, 6) is -0.368. The van der Waals surface area contributed by atoms with Crippen LogP contribution in [0.1, 0.15) is 27.2 Å². The summed E-state index contributed by atoms with van der Waals surface area (Å²) in [4.78, 5) is 11.8. The molecule has 1 heterocycles. The van der Waals surface area contributed by atoms with Gasteiger partial charge in [0.25, 0.3) is 0 Å². The highest BCUT2D eigenvalue weighted by Crippen LogP contribution is 2.21. The standard InChI is InChI=1S/C14H16N2O2/c1-9-6-5-7-10(2)12(9)16-13(14(17)18-4)11(3)8-15-16/h5-8H,1-4H3. The minimum absolute atomic E-state index is 0.368. The second-order valence-corrected chi connectivity index (χ2v) is 4.32. The number of esters is 1. The van der Waals surface area contributed by atoms with Gasteiger partial charge in [-0.25, -0.2) is 9.48 Å². The Balaban J connectivity index is 2.69. The maximum Gasteiger partial charge on any atom is 0.357 e. The Hall–Kier alpha value is -2.10. The molecule has 0 aliphatic carbocycles. The molecule has 0 saturated heterocycles. The van der Waals surface area contributed by atoms with Crippen LogP contribution in [0.4, 0.5) is 0 Å². The van der Waals surface area contributed by atoms with E-state index in [9.17, 15) is 4.79 Å². The Kier molecular flexibility index (Phi) is 3.19. The van der Waals surface area contributed by atoms with Crippen molar-refractivity contribution in [2.75, 3.05) is 7.11 Å². The number of methoxy groups -OCH3 is 1. The van der Waals surface area contributed by atoms with Crippen LogP contribution in [-0.2, 0) is 4.74 Å². The van der Waals surface area contributed by atoms with E-state index in [0.717, 1.165) is 22.4 Å². The number of rotatable bonds is 2. The summed E-state index contributed by atoms with van der Waals surface area (Å²) in [7, 11) is 1.38. The highest BCUT2D eigenvalue weighted by atomic mass is 16.5. The first-order chi connectivity index (χ1) is 8.56. The van der Waals surface area contributed by atoms with Crippen molar-refractivity contribution in [3.8, 4) is 5.69 Å². The van der Waals surface area contributed by atoms with Gasteiger partial charge in [-0.05, 0) is 31.9 Å². The molecule has 4 heteroatoms. The molecule has 0 unspecified atom stereocenters. The van der Waals surface area contributed by atoms with Gasteiger partial charge in [-0.15, -0.1) is 0 Å². The molecule has 1 aromatic heterocycles. The summed E-state index contributed by atoms with van der Waals surface area (Å²) in [6, 6.07) is 5.99. The maximum absolute atomic E-state index is 11.8. The molecular formula is C14H16N2O2. The van der Waals surface area contributed by atoms with Gasteiger partial charge in [0.05, 0.1) is 19.0 Å². The molecule has 0 aliphatic rings. The molecular weight excluding hydrogens is 228 g/mol. The van der Waals surface area contributed by atoms with Gasteiger partial charge >= 0.3 is 5.97 Å². The number of para-hydroxylation sites is 1. The topological polar surface area (TPSA) is 44.1 Å². The van der Waals surface area contributed by atoms with Crippen LogP contribution >= 0.6 is 0 Å². The number of hydrogen-bond acceptors (Lipinski definition) is 3. The van der Waals surface area contributed by atoms with Crippen molar-refractivity contribution in [2.45, 2.75) is 20.8 Å². The second kappa shape index (κ2) is 4.64.